The monoisotopic (exact) mass is 388 g/mol. The van der Waals surface area contributed by atoms with Crippen LogP contribution in [0.5, 0.6) is 0 Å². The molecule has 2 aromatic rings. The molecule has 0 N–H and O–H groups in total. The summed E-state index contributed by atoms with van der Waals surface area (Å²) < 4.78 is 12.7. The smallest absolute Gasteiger partial charge is 0.399 e. The van der Waals surface area contributed by atoms with Crippen molar-refractivity contribution in [3.8, 4) is 11.8 Å². The summed E-state index contributed by atoms with van der Waals surface area (Å²) in [5.74, 6) is 6.74. The maximum atomic E-state index is 6.35. The van der Waals surface area contributed by atoms with Crippen LogP contribution in [0.15, 0.2) is 36.4 Å². The van der Waals surface area contributed by atoms with E-state index in [4.69, 9.17) is 9.31 Å². The highest BCUT2D eigenvalue weighted by atomic mass is 16.7. The lowest BCUT2D eigenvalue weighted by Crippen LogP contribution is -2.41. The summed E-state index contributed by atoms with van der Waals surface area (Å²) in [5.41, 5.74) is 6.18. The summed E-state index contributed by atoms with van der Waals surface area (Å²) in [6, 6.07) is 12.8. The average molecular weight is 388 g/mol. The van der Waals surface area contributed by atoms with Crippen molar-refractivity contribution in [1.82, 2.24) is 0 Å². The van der Waals surface area contributed by atoms with E-state index in [0.29, 0.717) is 0 Å². The topological polar surface area (TPSA) is 18.5 Å². The van der Waals surface area contributed by atoms with Gasteiger partial charge in [-0.05, 0) is 89.2 Å². The van der Waals surface area contributed by atoms with Gasteiger partial charge in [-0.2, -0.15) is 0 Å². The number of unbranched alkanes of at least 4 members (excludes halogenated alkanes) is 1. The van der Waals surface area contributed by atoms with E-state index in [2.05, 4.69) is 96.7 Å². The Bertz CT molecular complexity index is 914. The molecule has 152 valence electrons. The summed E-state index contributed by atoms with van der Waals surface area (Å²) in [7, 11) is -0.360. The molecular formula is C26H33BO2. The van der Waals surface area contributed by atoms with E-state index >= 15 is 0 Å². The predicted molar refractivity (Wildman–Crippen MR) is 123 cm³/mol. The third-order valence-electron chi connectivity index (χ3n) is 6.23. The van der Waals surface area contributed by atoms with Gasteiger partial charge in [0, 0.05) is 11.1 Å². The summed E-state index contributed by atoms with van der Waals surface area (Å²) in [5, 5.41) is 0. The van der Waals surface area contributed by atoms with Gasteiger partial charge in [-0.25, -0.2) is 0 Å². The van der Waals surface area contributed by atoms with Crippen molar-refractivity contribution in [3.63, 3.8) is 0 Å². The van der Waals surface area contributed by atoms with Crippen molar-refractivity contribution in [3.05, 3.63) is 64.2 Å². The molecule has 0 spiro atoms. The molecule has 29 heavy (non-hydrogen) atoms. The summed E-state index contributed by atoms with van der Waals surface area (Å²) >= 11 is 0. The van der Waals surface area contributed by atoms with Gasteiger partial charge in [0.05, 0.1) is 11.2 Å². The average Bonchev–Trinajstić information content (AvgIpc) is 2.88. The second kappa shape index (κ2) is 8.38. The van der Waals surface area contributed by atoms with Gasteiger partial charge in [0.15, 0.2) is 0 Å². The number of hydrogen-bond donors (Lipinski definition) is 0. The molecule has 1 fully saturated rings. The van der Waals surface area contributed by atoms with Crippen molar-refractivity contribution in [1.29, 1.82) is 0 Å². The number of hydrogen-bond acceptors (Lipinski definition) is 2. The SMILES string of the molecule is CCCCc1cc(C#Cc2ccc(C)cc2)c(C)c(B2OC(C)(C)C(C)(C)O2)c1. The Hall–Kier alpha value is -2.02. The zero-order valence-corrected chi connectivity index (χ0v) is 19.0. The Morgan fingerprint density at radius 2 is 1.52 bits per heavy atom. The lowest BCUT2D eigenvalue weighted by molar-refractivity contribution is 0.00578. The van der Waals surface area contributed by atoms with Crippen molar-refractivity contribution in [2.24, 2.45) is 0 Å². The van der Waals surface area contributed by atoms with E-state index in [1.54, 1.807) is 0 Å². The van der Waals surface area contributed by atoms with Gasteiger partial charge in [-0.3, -0.25) is 0 Å². The Labute approximate surface area is 177 Å². The third kappa shape index (κ3) is 4.77. The van der Waals surface area contributed by atoms with Gasteiger partial charge in [0.25, 0.3) is 0 Å². The second-order valence-corrected chi connectivity index (χ2v) is 9.17. The van der Waals surface area contributed by atoms with Crippen molar-refractivity contribution in [2.45, 2.75) is 78.9 Å². The zero-order valence-electron chi connectivity index (χ0n) is 19.0. The molecule has 3 heteroatoms. The molecule has 1 saturated heterocycles. The van der Waals surface area contributed by atoms with E-state index in [1.165, 1.54) is 17.5 Å². The Kier molecular flexibility index (Phi) is 6.27. The molecule has 0 aliphatic carbocycles. The number of rotatable bonds is 4. The highest BCUT2D eigenvalue weighted by Gasteiger charge is 2.52. The minimum atomic E-state index is -0.360. The highest BCUT2D eigenvalue weighted by molar-refractivity contribution is 6.62. The lowest BCUT2D eigenvalue weighted by atomic mass is 9.74. The van der Waals surface area contributed by atoms with Gasteiger partial charge in [0.1, 0.15) is 0 Å². The molecule has 0 amide bonds. The molecule has 1 heterocycles. The standard InChI is InChI=1S/C26H33BO2/c1-8-9-10-22-17-23(16-15-21-13-11-19(2)12-14-21)20(3)24(18-22)27-28-25(4,5)26(6,7)29-27/h11-14,17-18H,8-10H2,1-7H3. The van der Waals surface area contributed by atoms with Crippen LogP contribution in [0.25, 0.3) is 0 Å². The van der Waals surface area contributed by atoms with E-state index < -0.39 is 0 Å². The van der Waals surface area contributed by atoms with Gasteiger partial charge in [-0.1, -0.05) is 48.9 Å². The van der Waals surface area contributed by atoms with Crippen LogP contribution in [0, 0.1) is 25.7 Å². The first kappa shape index (κ1) is 21.7. The molecule has 1 aliphatic heterocycles. The molecule has 3 rings (SSSR count). The fraction of sp³-hybridized carbons (Fsp3) is 0.462. The first-order valence-corrected chi connectivity index (χ1v) is 10.7. The first-order chi connectivity index (χ1) is 13.6. The van der Waals surface area contributed by atoms with Crippen molar-refractivity contribution < 1.29 is 9.31 Å². The van der Waals surface area contributed by atoms with E-state index in [1.807, 2.05) is 0 Å². The van der Waals surface area contributed by atoms with E-state index in [9.17, 15) is 0 Å². The van der Waals surface area contributed by atoms with Crippen LogP contribution in [0.2, 0.25) is 0 Å². The quantitative estimate of drug-likeness (QED) is 0.520. The maximum absolute atomic E-state index is 6.35. The summed E-state index contributed by atoms with van der Waals surface area (Å²) in [4.78, 5) is 0. The van der Waals surface area contributed by atoms with Crippen LogP contribution in [0.4, 0.5) is 0 Å². The molecule has 0 radical (unpaired) electrons. The van der Waals surface area contributed by atoms with Crippen LogP contribution in [-0.4, -0.2) is 18.3 Å². The van der Waals surface area contributed by atoms with Gasteiger partial charge in [0.2, 0.25) is 0 Å². The molecule has 0 unspecified atom stereocenters. The minimum Gasteiger partial charge on any atom is -0.399 e. The third-order valence-corrected chi connectivity index (χ3v) is 6.23. The van der Waals surface area contributed by atoms with E-state index in [-0.39, 0.29) is 18.3 Å². The largest absolute Gasteiger partial charge is 0.495 e. The molecule has 0 aromatic heterocycles. The fourth-order valence-electron chi connectivity index (χ4n) is 3.45. The molecule has 2 aromatic carbocycles. The molecule has 1 aliphatic rings. The first-order valence-electron chi connectivity index (χ1n) is 10.7. The molecule has 2 nitrogen and oxygen atoms in total. The summed E-state index contributed by atoms with van der Waals surface area (Å²) in [6.07, 6.45) is 3.38. The van der Waals surface area contributed by atoms with Crippen LogP contribution in [-0.2, 0) is 15.7 Å². The van der Waals surface area contributed by atoms with Crippen LogP contribution in [0.1, 0.15) is 75.3 Å². The Morgan fingerprint density at radius 1 is 0.897 bits per heavy atom. The normalized spacial score (nSPS) is 17.1. The zero-order chi connectivity index (χ0) is 21.2. The number of benzene rings is 2. The van der Waals surface area contributed by atoms with Crippen LogP contribution < -0.4 is 5.46 Å². The fourth-order valence-corrected chi connectivity index (χ4v) is 3.45. The Morgan fingerprint density at radius 3 is 2.10 bits per heavy atom. The second-order valence-electron chi connectivity index (χ2n) is 9.17. The molecule has 0 atom stereocenters. The minimum absolute atomic E-state index is 0.350. The molecule has 0 saturated carbocycles. The molecular weight excluding hydrogens is 355 g/mol. The van der Waals surface area contributed by atoms with Crippen LogP contribution >= 0.6 is 0 Å². The van der Waals surface area contributed by atoms with Gasteiger partial charge in [-0.15, -0.1) is 0 Å². The van der Waals surface area contributed by atoms with E-state index in [0.717, 1.165) is 35.0 Å². The van der Waals surface area contributed by atoms with Gasteiger partial charge >= 0.3 is 7.12 Å². The Balaban J connectivity index is 2.01. The van der Waals surface area contributed by atoms with Crippen molar-refractivity contribution >= 4 is 12.6 Å². The summed E-state index contributed by atoms with van der Waals surface area (Å²) in [6.45, 7) is 14.8. The highest BCUT2D eigenvalue weighted by Crippen LogP contribution is 2.37. The number of aryl methyl sites for hydroxylation is 2. The maximum Gasteiger partial charge on any atom is 0.495 e. The van der Waals surface area contributed by atoms with Crippen molar-refractivity contribution in [2.75, 3.05) is 0 Å². The lowest BCUT2D eigenvalue weighted by Gasteiger charge is -2.32. The van der Waals surface area contributed by atoms with Crippen LogP contribution in [0.3, 0.4) is 0 Å². The predicted octanol–water partition coefficient (Wildman–Crippen LogP) is 5.35. The molecule has 0 bridgehead atoms. The van der Waals surface area contributed by atoms with Gasteiger partial charge < -0.3 is 9.31 Å².